The molecule has 0 rings (SSSR count). The Balaban J connectivity index is 3.35. The van der Waals surface area contributed by atoms with Gasteiger partial charge in [0.1, 0.15) is 5.78 Å². The molecule has 0 aromatic rings. The lowest BCUT2D eigenvalue weighted by molar-refractivity contribution is -0.118. The van der Waals surface area contributed by atoms with Crippen LogP contribution in [0, 0.1) is 0 Å². The second kappa shape index (κ2) is 7.94. The molecule has 0 unspecified atom stereocenters. The molecule has 0 saturated heterocycles. The van der Waals surface area contributed by atoms with Gasteiger partial charge < -0.3 is 9.80 Å². The van der Waals surface area contributed by atoms with Gasteiger partial charge in [-0.1, -0.05) is 6.92 Å². The molecule has 3 nitrogen and oxygen atoms in total. The lowest BCUT2D eigenvalue weighted by atomic mass is 10.2. The first-order valence-corrected chi connectivity index (χ1v) is 5.41. The van der Waals surface area contributed by atoms with Crippen LogP contribution in [0.3, 0.4) is 0 Å². The van der Waals surface area contributed by atoms with Crippen LogP contribution in [0.25, 0.3) is 0 Å². The predicted octanol–water partition coefficient (Wildman–Crippen LogP) is 1.24. The molecule has 0 aliphatic rings. The first-order chi connectivity index (χ1) is 6.56. The summed E-state index contributed by atoms with van der Waals surface area (Å²) in [6.45, 7) is 5.11. The summed E-state index contributed by atoms with van der Waals surface area (Å²) in [5.41, 5.74) is 0. The Bertz CT molecular complexity index is 157. The smallest absolute Gasteiger partial charge is 0.132 e. The molecule has 0 aromatic heterocycles. The van der Waals surface area contributed by atoms with E-state index in [9.17, 15) is 4.79 Å². The molecule has 0 amide bonds. The maximum absolute atomic E-state index is 11.0. The van der Waals surface area contributed by atoms with E-state index in [0.717, 1.165) is 32.5 Å². The molecular formula is C11H24N2O. The lowest BCUT2D eigenvalue weighted by Gasteiger charge is -2.18. The van der Waals surface area contributed by atoms with Crippen molar-refractivity contribution in [3.05, 3.63) is 0 Å². The van der Waals surface area contributed by atoms with Crippen LogP contribution >= 0.6 is 0 Å². The molecule has 0 N–H and O–H groups in total. The summed E-state index contributed by atoms with van der Waals surface area (Å²) in [5.74, 6) is 0.381. The van der Waals surface area contributed by atoms with Gasteiger partial charge in [-0.25, -0.2) is 0 Å². The molecule has 0 spiro atoms. The summed E-state index contributed by atoms with van der Waals surface area (Å²) in [6, 6.07) is 0. The van der Waals surface area contributed by atoms with Gasteiger partial charge in [0.05, 0.1) is 0 Å². The van der Waals surface area contributed by atoms with E-state index in [-0.39, 0.29) is 0 Å². The molecule has 0 heterocycles. The summed E-state index contributed by atoms with van der Waals surface area (Å²) < 4.78 is 0. The average molecular weight is 200 g/mol. The molecule has 0 bridgehead atoms. The molecule has 0 fully saturated rings. The molecule has 3 heteroatoms. The van der Waals surface area contributed by atoms with Crippen molar-refractivity contribution in [1.29, 1.82) is 0 Å². The second-order valence-corrected chi connectivity index (χ2v) is 4.10. The molecule has 0 saturated carbocycles. The summed E-state index contributed by atoms with van der Waals surface area (Å²) >= 11 is 0. The highest BCUT2D eigenvalue weighted by Gasteiger charge is 2.01. The number of likely N-dealkylation sites (N-methyl/N-ethyl adjacent to an activating group) is 2. The zero-order valence-corrected chi connectivity index (χ0v) is 10.0. The largest absolute Gasteiger partial charge is 0.308 e. The minimum Gasteiger partial charge on any atom is -0.308 e. The molecular weight excluding hydrogens is 176 g/mol. The van der Waals surface area contributed by atoms with Gasteiger partial charge in [-0.15, -0.1) is 0 Å². The van der Waals surface area contributed by atoms with Crippen LogP contribution in [0.4, 0.5) is 0 Å². The third-order valence-corrected chi connectivity index (χ3v) is 2.32. The maximum atomic E-state index is 11.0. The summed E-state index contributed by atoms with van der Waals surface area (Å²) in [5, 5.41) is 0. The van der Waals surface area contributed by atoms with Crippen molar-refractivity contribution in [3.63, 3.8) is 0 Å². The van der Waals surface area contributed by atoms with Gasteiger partial charge in [0.25, 0.3) is 0 Å². The fourth-order valence-electron chi connectivity index (χ4n) is 1.21. The van der Waals surface area contributed by atoms with Crippen LogP contribution in [0.1, 0.15) is 26.2 Å². The van der Waals surface area contributed by atoms with Crippen molar-refractivity contribution in [3.8, 4) is 0 Å². The van der Waals surface area contributed by atoms with E-state index in [1.54, 1.807) is 0 Å². The molecule has 0 atom stereocenters. The van der Waals surface area contributed by atoms with E-state index in [0.29, 0.717) is 12.2 Å². The molecule has 0 aliphatic heterocycles. The minimum absolute atomic E-state index is 0.381. The Morgan fingerprint density at radius 2 is 1.71 bits per heavy atom. The van der Waals surface area contributed by atoms with E-state index >= 15 is 0 Å². The van der Waals surface area contributed by atoms with Crippen molar-refractivity contribution in [2.24, 2.45) is 0 Å². The third kappa shape index (κ3) is 8.20. The molecule has 0 aliphatic carbocycles. The van der Waals surface area contributed by atoms with E-state index in [1.807, 2.05) is 6.92 Å². The highest BCUT2D eigenvalue weighted by molar-refractivity contribution is 5.77. The Morgan fingerprint density at radius 3 is 2.21 bits per heavy atom. The predicted molar refractivity (Wildman–Crippen MR) is 60.6 cm³/mol. The molecule has 0 radical (unpaired) electrons. The van der Waals surface area contributed by atoms with Gasteiger partial charge >= 0.3 is 0 Å². The zero-order valence-electron chi connectivity index (χ0n) is 10.0. The van der Waals surface area contributed by atoms with Crippen molar-refractivity contribution in [2.45, 2.75) is 26.2 Å². The molecule has 14 heavy (non-hydrogen) atoms. The van der Waals surface area contributed by atoms with Crippen LogP contribution in [-0.4, -0.2) is 56.4 Å². The van der Waals surface area contributed by atoms with E-state index < -0.39 is 0 Å². The fourth-order valence-corrected chi connectivity index (χ4v) is 1.21. The van der Waals surface area contributed by atoms with Gasteiger partial charge in [-0.05, 0) is 34.1 Å². The maximum Gasteiger partial charge on any atom is 0.132 e. The topological polar surface area (TPSA) is 23.6 Å². The van der Waals surface area contributed by atoms with Crippen LogP contribution < -0.4 is 0 Å². The molecule has 0 aromatic carbocycles. The van der Waals surface area contributed by atoms with Crippen LogP contribution in [0.2, 0.25) is 0 Å². The van der Waals surface area contributed by atoms with E-state index in [4.69, 9.17) is 0 Å². The number of ketones is 1. The Hall–Kier alpha value is -0.410. The van der Waals surface area contributed by atoms with Crippen molar-refractivity contribution in [1.82, 2.24) is 9.80 Å². The van der Waals surface area contributed by atoms with Crippen molar-refractivity contribution in [2.75, 3.05) is 40.8 Å². The van der Waals surface area contributed by atoms with Gasteiger partial charge in [0, 0.05) is 25.9 Å². The van der Waals surface area contributed by atoms with Gasteiger partial charge in [-0.2, -0.15) is 0 Å². The minimum atomic E-state index is 0.381. The SMILES string of the molecule is CCC(=O)CCCN(C)CCN(C)C. The number of carbonyl (C=O) groups is 1. The van der Waals surface area contributed by atoms with E-state index in [2.05, 4.69) is 30.9 Å². The van der Waals surface area contributed by atoms with Crippen LogP contribution in [0.5, 0.6) is 0 Å². The summed E-state index contributed by atoms with van der Waals surface area (Å²) in [6.07, 6.45) is 2.42. The highest BCUT2D eigenvalue weighted by Crippen LogP contribution is 1.96. The van der Waals surface area contributed by atoms with Crippen molar-refractivity contribution >= 4 is 5.78 Å². The van der Waals surface area contributed by atoms with E-state index in [1.165, 1.54) is 0 Å². The first-order valence-electron chi connectivity index (χ1n) is 5.41. The number of Topliss-reactive ketones (excluding diaryl/α,β-unsaturated/α-hetero) is 1. The lowest BCUT2D eigenvalue weighted by Crippen LogP contribution is -2.29. The monoisotopic (exact) mass is 200 g/mol. The summed E-state index contributed by atoms with van der Waals surface area (Å²) in [4.78, 5) is 15.5. The summed E-state index contributed by atoms with van der Waals surface area (Å²) in [7, 11) is 6.27. The Labute approximate surface area is 88.1 Å². The Morgan fingerprint density at radius 1 is 1.07 bits per heavy atom. The second-order valence-electron chi connectivity index (χ2n) is 4.10. The van der Waals surface area contributed by atoms with Crippen molar-refractivity contribution < 1.29 is 4.79 Å². The third-order valence-electron chi connectivity index (χ3n) is 2.32. The van der Waals surface area contributed by atoms with Crippen LogP contribution in [-0.2, 0) is 4.79 Å². The number of carbonyl (C=O) groups excluding carboxylic acids is 1. The molecule has 84 valence electrons. The Kier molecular flexibility index (Phi) is 7.71. The number of hydrogen-bond donors (Lipinski definition) is 0. The standard InChI is InChI=1S/C11H24N2O/c1-5-11(14)7-6-8-13(4)10-9-12(2)3/h5-10H2,1-4H3. The number of nitrogens with zero attached hydrogens (tertiary/aromatic N) is 2. The average Bonchev–Trinajstić information content (AvgIpc) is 2.14. The number of rotatable bonds is 8. The normalized spacial score (nSPS) is 11.3. The van der Waals surface area contributed by atoms with Gasteiger partial charge in [0.15, 0.2) is 0 Å². The quantitative estimate of drug-likeness (QED) is 0.589. The van der Waals surface area contributed by atoms with Gasteiger partial charge in [0.2, 0.25) is 0 Å². The van der Waals surface area contributed by atoms with Gasteiger partial charge in [-0.3, -0.25) is 4.79 Å². The zero-order chi connectivity index (χ0) is 11.0. The highest BCUT2D eigenvalue weighted by atomic mass is 16.1. The first kappa shape index (κ1) is 13.6. The van der Waals surface area contributed by atoms with Crippen LogP contribution in [0.15, 0.2) is 0 Å². The number of hydrogen-bond acceptors (Lipinski definition) is 3. The fraction of sp³-hybridized carbons (Fsp3) is 0.909.